The number of methoxy groups -OCH3 is 1. The van der Waals surface area contributed by atoms with E-state index >= 15 is 0 Å². The number of ether oxygens (including phenoxy) is 1. The SMILES string of the molecule is COC(=O)CC1(CSc2cc(C)c(F)cc2[C@@H](C)O)CC1. The number of rotatable bonds is 6. The van der Waals surface area contributed by atoms with Gasteiger partial charge in [-0.3, -0.25) is 4.79 Å². The molecule has 1 atom stereocenters. The van der Waals surface area contributed by atoms with Crippen LogP contribution in [-0.4, -0.2) is 23.9 Å². The largest absolute Gasteiger partial charge is 0.469 e. The minimum atomic E-state index is -0.710. The highest BCUT2D eigenvalue weighted by molar-refractivity contribution is 7.99. The summed E-state index contributed by atoms with van der Waals surface area (Å²) in [5, 5.41) is 9.79. The molecule has 1 saturated carbocycles. The lowest BCUT2D eigenvalue weighted by Crippen LogP contribution is -2.13. The lowest BCUT2D eigenvalue weighted by atomic mass is 10.1. The summed E-state index contributed by atoms with van der Waals surface area (Å²) in [5.41, 5.74) is 1.19. The number of hydrogen-bond acceptors (Lipinski definition) is 4. The summed E-state index contributed by atoms with van der Waals surface area (Å²) in [6.07, 6.45) is 1.75. The average Bonchev–Trinajstić information content (AvgIpc) is 3.19. The molecule has 1 fully saturated rings. The van der Waals surface area contributed by atoms with Gasteiger partial charge in [-0.05, 0) is 55.4 Å². The molecule has 116 valence electrons. The molecule has 1 aromatic carbocycles. The van der Waals surface area contributed by atoms with Crippen LogP contribution in [0.1, 0.15) is 43.4 Å². The highest BCUT2D eigenvalue weighted by Crippen LogP contribution is 2.52. The Balaban J connectivity index is 2.09. The van der Waals surface area contributed by atoms with Crippen molar-refractivity contribution in [1.29, 1.82) is 0 Å². The van der Waals surface area contributed by atoms with E-state index in [-0.39, 0.29) is 17.2 Å². The summed E-state index contributed by atoms with van der Waals surface area (Å²) in [6.45, 7) is 3.35. The normalized spacial score (nSPS) is 17.4. The molecule has 0 radical (unpaired) electrons. The first-order valence-corrected chi connectivity index (χ1v) is 8.03. The van der Waals surface area contributed by atoms with Crippen LogP contribution >= 0.6 is 11.8 Å². The summed E-state index contributed by atoms with van der Waals surface area (Å²) in [7, 11) is 1.40. The van der Waals surface area contributed by atoms with Crippen LogP contribution in [0.2, 0.25) is 0 Å². The van der Waals surface area contributed by atoms with Gasteiger partial charge in [-0.1, -0.05) is 0 Å². The number of aliphatic hydroxyl groups is 1. The monoisotopic (exact) mass is 312 g/mol. The van der Waals surface area contributed by atoms with E-state index in [2.05, 4.69) is 0 Å². The number of aryl methyl sites for hydroxylation is 1. The minimum absolute atomic E-state index is 0.00994. The van der Waals surface area contributed by atoms with E-state index in [1.54, 1.807) is 31.7 Å². The maximum atomic E-state index is 13.6. The average molecular weight is 312 g/mol. The molecule has 3 nitrogen and oxygen atoms in total. The molecule has 1 aromatic rings. The Hall–Kier alpha value is -1.07. The molecule has 0 saturated heterocycles. The molecule has 0 unspecified atom stereocenters. The van der Waals surface area contributed by atoms with Crippen LogP contribution in [0.15, 0.2) is 17.0 Å². The molecule has 0 spiro atoms. The van der Waals surface area contributed by atoms with Gasteiger partial charge in [-0.15, -0.1) is 11.8 Å². The second-order valence-electron chi connectivity index (χ2n) is 5.86. The predicted molar refractivity (Wildman–Crippen MR) is 80.8 cm³/mol. The van der Waals surface area contributed by atoms with Crippen molar-refractivity contribution in [3.63, 3.8) is 0 Å². The van der Waals surface area contributed by atoms with Gasteiger partial charge in [0.05, 0.1) is 19.6 Å². The molecule has 1 N–H and O–H groups in total. The molecule has 21 heavy (non-hydrogen) atoms. The van der Waals surface area contributed by atoms with E-state index in [1.807, 2.05) is 0 Å². The Labute approximate surface area is 128 Å². The van der Waals surface area contributed by atoms with Crippen LogP contribution in [0.4, 0.5) is 4.39 Å². The number of benzene rings is 1. The Morgan fingerprint density at radius 1 is 1.52 bits per heavy atom. The zero-order chi connectivity index (χ0) is 15.6. The highest BCUT2D eigenvalue weighted by atomic mass is 32.2. The van der Waals surface area contributed by atoms with E-state index in [1.165, 1.54) is 13.2 Å². The number of thioether (sulfide) groups is 1. The van der Waals surface area contributed by atoms with Crippen LogP contribution < -0.4 is 0 Å². The van der Waals surface area contributed by atoms with Crippen molar-refractivity contribution in [3.05, 3.63) is 29.1 Å². The first-order chi connectivity index (χ1) is 9.87. The number of aliphatic hydroxyl groups excluding tert-OH is 1. The maximum Gasteiger partial charge on any atom is 0.306 e. The van der Waals surface area contributed by atoms with Gasteiger partial charge >= 0.3 is 5.97 Å². The van der Waals surface area contributed by atoms with Crippen molar-refractivity contribution < 1.29 is 19.0 Å². The molecular formula is C16H21FO3S. The van der Waals surface area contributed by atoms with Crippen molar-refractivity contribution in [1.82, 2.24) is 0 Å². The van der Waals surface area contributed by atoms with Crippen LogP contribution in [0, 0.1) is 18.2 Å². The molecule has 2 rings (SSSR count). The van der Waals surface area contributed by atoms with Gasteiger partial charge < -0.3 is 9.84 Å². The molecule has 1 aliphatic rings. The molecule has 0 bridgehead atoms. The highest BCUT2D eigenvalue weighted by Gasteiger charge is 2.44. The first kappa shape index (κ1) is 16.3. The van der Waals surface area contributed by atoms with Crippen LogP contribution in [0.25, 0.3) is 0 Å². The van der Waals surface area contributed by atoms with E-state index in [9.17, 15) is 14.3 Å². The number of carbonyl (C=O) groups excluding carboxylic acids is 1. The van der Waals surface area contributed by atoms with Crippen molar-refractivity contribution in [2.75, 3.05) is 12.9 Å². The van der Waals surface area contributed by atoms with E-state index in [0.717, 1.165) is 23.5 Å². The van der Waals surface area contributed by atoms with E-state index in [4.69, 9.17) is 4.74 Å². The van der Waals surface area contributed by atoms with Crippen LogP contribution in [0.3, 0.4) is 0 Å². The smallest absolute Gasteiger partial charge is 0.306 e. The fourth-order valence-electron chi connectivity index (χ4n) is 2.28. The van der Waals surface area contributed by atoms with Crippen molar-refractivity contribution in [2.45, 2.75) is 44.1 Å². The van der Waals surface area contributed by atoms with Gasteiger partial charge in [0.25, 0.3) is 0 Å². The zero-order valence-corrected chi connectivity index (χ0v) is 13.4. The second-order valence-corrected chi connectivity index (χ2v) is 6.87. The molecule has 5 heteroatoms. The Morgan fingerprint density at radius 2 is 2.19 bits per heavy atom. The van der Waals surface area contributed by atoms with Gasteiger partial charge in [0.15, 0.2) is 0 Å². The first-order valence-electron chi connectivity index (χ1n) is 7.04. The van der Waals surface area contributed by atoms with Gasteiger partial charge in [-0.2, -0.15) is 0 Å². The summed E-state index contributed by atoms with van der Waals surface area (Å²) < 4.78 is 18.4. The van der Waals surface area contributed by atoms with Crippen LogP contribution in [0.5, 0.6) is 0 Å². The maximum absolute atomic E-state index is 13.6. The Kier molecular flexibility index (Phi) is 4.94. The van der Waals surface area contributed by atoms with Crippen molar-refractivity contribution in [2.24, 2.45) is 5.41 Å². The van der Waals surface area contributed by atoms with E-state index in [0.29, 0.717) is 17.5 Å². The Morgan fingerprint density at radius 3 is 2.71 bits per heavy atom. The summed E-state index contributed by atoms with van der Waals surface area (Å²) in [5.74, 6) is 0.303. The number of carbonyl (C=O) groups is 1. The Bertz CT molecular complexity index is 539. The van der Waals surface area contributed by atoms with Crippen molar-refractivity contribution in [3.8, 4) is 0 Å². The summed E-state index contributed by atoms with van der Waals surface area (Å²) in [4.78, 5) is 12.3. The fourth-order valence-corrected chi connectivity index (χ4v) is 3.79. The van der Waals surface area contributed by atoms with Crippen molar-refractivity contribution >= 4 is 17.7 Å². The predicted octanol–water partition coefficient (Wildman–Crippen LogP) is 3.62. The third kappa shape index (κ3) is 3.98. The lowest BCUT2D eigenvalue weighted by molar-refractivity contribution is -0.141. The number of halogens is 1. The van der Waals surface area contributed by atoms with Gasteiger partial charge in [0, 0.05) is 10.6 Å². The second kappa shape index (κ2) is 6.36. The third-order valence-electron chi connectivity index (χ3n) is 3.98. The molecule has 0 aromatic heterocycles. The molecule has 1 aliphatic carbocycles. The summed E-state index contributed by atoms with van der Waals surface area (Å²) in [6, 6.07) is 3.18. The van der Waals surface area contributed by atoms with Gasteiger partial charge in [0.1, 0.15) is 5.82 Å². The third-order valence-corrected chi connectivity index (χ3v) is 5.40. The standard InChI is InChI=1S/C16H21FO3S/c1-10-6-14(12(11(2)18)7-13(10)17)21-9-16(4-5-16)8-15(19)20-3/h6-7,11,18H,4-5,8-9H2,1-3H3/t11-/m1/s1. The summed E-state index contributed by atoms with van der Waals surface area (Å²) >= 11 is 1.59. The number of esters is 1. The van der Waals surface area contributed by atoms with E-state index < -0.39 is 6.10 Å². The quantitative estimate of drug-likeness (QED) is 0.644. The molecular weight excluding hydrogens is 291 g/mol. The van der Waals surface area contributed by atoms with Crippen LogP contribution in [-0.2, 0) is 9.53 Å². The molecule has 0 aliphatic heterocycles. The molecule has 0 amide bonds. The van der Waals surface area contributed by atoms with Gasteiger partial charge in [0.2, 0.25) is 0 Å². The fraction of sp³-hybridized carbons (Fsp3) is 0.562. The topological polar surface area (TPSA) is 46.5 Å². The lowest BCUT2D eigenvalue weighted by Gasteiger charge is -2.17. The zero-order valence-electron chi connectivity index (χ0n) is 12.6. The molecule has 0 heterocycles. The van der Waals surface area contributed by atoms with Gasteiger partial charge in [-0.25, -0.2) is 4.39 Å². The number of hydrogen-bond donors (Lipinski definition) is 1. The minimum Gasteiger partial charge on any atom is -0.469 e.